The third-order valence-electron chi connectivity index (χ3n) is 2.19. The minimum Gasteiger partial charge on any atom is -0.392 e. The van der Waals surface area contributed by atoms with Crippen molar-refractivity contribution in [1.29, 1.82) is 0 Å². The summed E-state index contributed by atoms with van der Waals surface area (Å²) in [7, 11) is 0. The normalized spacial score (nSPS) is 26.0. The Labute approximate surface area is 74.1 Å². The summed E-state index contributed by atoms with van der Waals surface area (Å²) < 4.78 is 5.26. The lowest BCUT2D eigenvalue weighted by Gasteiger charge is -2.09. The summed E-state index contributed by atoms with van der Waals surface area (Å²) >= 11 is 0. The quantitative estimate of drug-likeness (QED) is 0.591. The average Bonchev–Trinajstić information content (AvgIpc) is 2.49. The summed E-state index contributed by atoms with van der Waals surface area (Å²) in [6.45, 7) is 5.36. The van der Waals surface area contributed by atoms with E-state index in [1.54, 1.807) is 6.92 Å². The first kappa shape index (κ1) is 9.96. The molecule has 72 valence electrons. The molecule has 0 amide bonds. The molecule has 0 saturated carbocycles. The summed E-state index contributed by atoms with van der Waals surface area (Å²) in [6.07, 6.45) is 2.15. The van der Waals surface area contributed by atoms with E-state index >= 15 is 0 Å². The van der Waals surface area contributed by atoms with Gasteiger partial charge in [0.2, 0.25) is 0 Å². The van der Waals surface area contributed by atoms with E-state index in [2.05, 4.69) is 5.32 Å². The topological polar surface area (TPSA) is 41.5 Å². The van der Waals surface area contributed by atoms with Crippen molar-refractivity contribution < 1.29 is 9.84 Å². The molecule has 1 aliphatic heterocycles. The average molecular weight is 173 g/mol. The molecule has 3 heteroatoms. The smallest absolute Gasteiger partial charge is 0.0636 e. The molecule has 0 radical (unpaired) electrons. The molecule has 1 fully saturated rings. The Bertz CT molecular complexity index is 111. The van der Waals surface area contributed by atoms with Gasteiger partial charge in [-0.25, -0.2) is 0 Å². The van der Waals surface area contributed by atoms with Crippen LogP contribution in [0.3, 0.4) is 0 Å². The summed E-state index contributed by atoms with van der Waals surface area (Å²) in [5.41, 5.74) is 0. The van der Waals surface area contributed by atoms with Crippen molar-refractivity contribution in [2.45, 2.75) is 25.9 Å². The summed E-state index contributed by atoms with van der Waals surface area (Å²) in [4.78, 5) is 0. The fourth-order valence-electron chi connectivity index (χ4n) is 1.43. The Kier molecular flexibility index (Phi) is 4.58. The minimum atomic E-state index is -0.232. The number of hydrogen-bond donors (Lipinski definition) is 2. The largest absolute Gasteiger partial charge is 0.392 e. The molecule has 0 spiro atoms. The second-order valence-corrected chi connectivity index (χ2v) is 3.57. The van der Waals surface area contributed by atoms with E-state index in [1.165, 1.54) is 12.8 Å². The first-order valence-electron chi connectivity index (χ1n) is 4.75. The molecule has 12 heavy (non-hydrogen) atoms. The van der Waals surface area contributed by atoms with Gasteiger partial charge in [0.15, 0.2) is 0 Å². The van der Waals surface area contributed by atoms with Crippen LogP contribution >= 0.6 is 0 Å². The zero-order chi connectivity index (χ0) is 8.81. The number of aliphatic hydroxyl groups is 1. The van der Waals surface area contributed by atoms with Gasteiger partial charge in [-0.15, -0.1) is 0 Å². The highest BCUT2D eigenvalue weighted by Crippen LogP contribution is 2.14. The van der Waals surface area contributed by atoms with Gasteiger partial charge in [0.25, 0.3) is 0 Å². The van der Waals surface area contributed by atoms with Gasteiger partial charge in [-0.2, -0.15) is 0 Å². The second-order valence-electron chi connectivity index (χ2n) is 3.57. The number of rotatable bonds is 5. The summed E-state index contributed by atoms with van der Waals surface area (Å²) in [5, 5.41) is 12.2. The van der Waals surface area contributed by atoms with Crippen molar-refractivity contribution in [3.63, 3.8) is 0 Å². The molecule has 2 unspecified atom stereocenters. The van der Waals surface area contributed by atoms with Crippen LogP contribution < -0.4 is 5.32 Å². The Hall–Kier alpha value is -0.120. The third-order valence-corrected chi connectivity index (χ3v) is 2.19. The zero-order valence-corrected chi connectivity index (χ0v) is 7.75. The Balaban J connectivity index is 1.88. The van der Waals surface area contributed by atoms with Crippen LogP contribution in [0.25, 0.3) is 0 Å². The van der Waals surface area contributed by atoms with E-state index in [1.807, 2.05) is 0 Å². The maximum atomic E-state index is 8.96. The maximum absolute atomic E-state index is 8.96. The standard InChI is InChI=1S/C9H19NO2/c1-8(11)6-10-4-2-9-3-5-12-7-9/h8-11H,2-7H2,1H3. The van der Waals surface area contributed by atoms with Crippen molar-refractivity contribution in [3.8, 4) is 0 Å². The van der Waals surface area contributed by atoms with Crippen LogP contribution in [0.2, 0.25) is 0 Å². The van der Waals surface area contributed by atoms with Gasteiger partial charge in [-0.05, 0) is 32.2 Å². The lowest BCUT2D eigenvalue weighted by Crippen LogP contribution is -2.26. The lowest BCUT2D eigenvalue weighted by molar-refractivity contribution is 0.180. The Morgan fingerprint density at radius 3 is 3.08 bits per heavy atom. The van der Waals surface area contributed by atoms with Crippen LogP contribution in [0.1, 0.15) is 19.8 Å². The van der Waals surface area contributed by atoms with Crippen LogP contribution in [0.5, 0.6) is 0 Å². The van der Waals surface area contributed by atoms with E-state index < -0.39 is 0 Å². The predicted octanol–water partition coefficient (Wildman–Crippen LogP) is 0.383. The molecule has 2 N–H and O–H groups in total. The van der Waals surface area contributed by atoms with Crippen LogP contribution in [0.15, 0.2) is 0 Å². The fraction of sp³-hybridized carbons (Fsp3) is 1.00. The molecule has 1 heterocycles. The van der Waals surface area contributed by atoms with Crippen LogP contribution in [-0.2, 0) is 4.74 Å². The van der Waals surface area contributed by atoms with Gasteiger partial charge in [0.1, 0.15) is 0 Å². The molecule has 1 saturated heterocycles. The Morgan fingerprint density at radius 2 is 2.50 bits per heavy atom. The van der Waals surface area contributed by atoms with Crippen molar-refractivity contribution >= 4 is 0 Å². The third kappa shape index (κ3) is 4.04. The lowest BCUT2D eigenvalue weighted by atomic mass is 10.1. The van der Waals surface area contributed by atoms with E-state index in [4.69, 9.17) is 9.84 Å². The first-order chi connectivity index (χ1) is 5.79. The molecule has 2 atom stereocenters. The SMILES string of the molecule is CC(O)CNCCC1CCOC1. The molecule has 0 aromatic heterocycles. The molecule has 0 bridgehead atoms. The molecule has 3 nitrogen and oxygen atoms in total. The number of aliphatic hydroxyl groups excluding tert-OH is 1. The molecular weight excluding hydrogens is 154 g/mol. The first-order valence-corrected chi connectivity index (χ1v) is 4.75. The molecule has 1 aliphatic rings. The number of nitrogens with one attached hydrogen (secondary N) is 1. The summed E-state index contributed by atoms with van der Waals surface area (Å²) in [5.74, 6) is 0.742. The minimum absolute atomic E-state index is 0.232. The van der Waals surface area contributed by atoms with Crippen LogP contribution in [0.4, 0.5) is 0 Å². The second kappa shape index (κ2) is 5.51. The molecule has 0 aromatic rings. The summed E-state index contributed by atoms with van der Waals surface area (Å²) in [6, 6.07) is 0. The van der Waals surface area contributed by atoms with Gasteiger partial charge in [-0.3, -0.25) is 0 Å². The number of ether oxygens (including phenoxy) is 1. The molecule has 1 rings (SSSR count). The maximum Gasteiger partial charge on any atom is 0.0636 e. The van der Waals surface area contributed by atoms with Gasteiger partial charge in [-0.1, -0.05) is 0 Å². The highest BCUT2D eigenvalue weighted by atomic mass is 16.5. The van der Waals surface area contributed by atoms with Gasteiger partial charge >= 0.3 is 0 Å². The van der Waals surface area contributed by atoms with E-state index in [0.717, 1.165) is 25.7 Å². The fourth-order valence-corrected chi connectivity index (χ4v) is 1.43. The van der Waals surface area contributed by atoms with Crippen molar-refractivity contribution in [2.75, 3.05) is 26.3 Å². The van der Waals surface area contributed by atoms with Gasteiger partial charge < -0.3 is 15.2 Å². The van der Waals surface area contributed by atoms with Crippen molar-refractivity contribution in [1.82, 2.24) is 5.32 Å². The van der Waals surface area contributed by atoms with Crippen molar-refractivity contribution in [3.05, 3.63) is 0 Å². The number of hydrogen-bond acceptors (Lipinski definition) is 3. The zero-order valence-electron chi connectivity index (χ0n) is 7.75. The predicted molar refractivity (Wildman–Crippen MR) is 48.1 cm³/mol. The molecule has 0 aliphatic carbocycles. The molecular formula is C9H19NO2. The van der Waals surface area contributed by atoms with E-state index in [0.29, 0.717) is 6.54 Å². The van der Waals surface area contributed by atoms with Crippen LogP contribution in [0, 0.1) is 5.92 Å². The molecule has 0 aromatic carbocycles. The highest BCUT2D eigenvalue weighted by Gasteiger charge is 2.14. The van der Waals surface area contributed by atoms with Gasteiger partial charge in [0, 0.05) is 19.8 Å². The van der Waals surface area contributed by atoms with E-state index in [9.17, 15) is 0 Å². The monoisotopic (exact) mass is 173 g/mol. The van der Waals surface area contributed by atoms with E-state index in [-0.39, 0.29) is 6.10 Å². The van der Waals surface area contributed by atoms with Crippen LogP contribution in [-0.4, -0.2) is 37.5 Å². The van der Waals surface area contributed by atoms with Crippen molar-refractivity contribution in [2.24, 2.45) is 5.92 Å². The van der Waals surface area contributed by atoms with Gasteiger partial charge in [0.05, 0.1) is 6.10 Å². The Morgan fingerprint density at radius 1 is 1.67 bits per heavy atom. The highest BCUT2D eigenvalue weighted by molar-refractivity contribution is 4.65.